The standard InChI is InChI=1S/C30H32N2O8S/c33-17-19-8-10-20(11-9-19)25-16-23(18-41-26-5-2-1-4-24(26)29(36)37)39-30(40-25)21-12-14-22(15-13-21)31-27(34)6-3-7-28(35)32-38/h1-2,4-5,8-15,23,25,30,33,38H,3,6-7,16-18H2,(H,31,34)(H,32,35)(H,36,37)/t23-,25+,30+/m0/s1. The quantitative estimate of drug-likeness (QED) is 0.115. The monoisotopic (exact) mass is 580 g/mol. The van der Waals surface area contributed by atoms with Crippen LogP contribution in [0.3, 0.4) is 0 Å². The topological polar surface area (TPSA) is 154 Å². The minimum atomic E-state index is -0.983. The van der Waals surface area contributed by atoms with Crippen LogP contribution in [0.25, 0.3) is 0 Å². The van der Waals surface area contributed by atoms with Crippen molar-refractivity contribution in [2.45, 2.75) is 55.7 Å². The largest absolute Gasteiger partial charge is 0.478 e. The molecule has 0 saturated carbocycles. The highest BCUT2D eigenvalue weighted by molar-refractivity contribution is 7.99. The van der Waals surface area contributed by atoms with Gasteiger partial charge in [-0.3, -0.25) is 14.8 Å². The second kappa shape index (κ2) is 14.8. The number of thioether (sulfide) groups is 1. The zero-order valence-corrected chi connectivity index (χ0v) is 23.0. The summed E-state index contributed by atoms with van der Waals surface area (Å²) in [5, 5.41) is 30.3. The first-order valence-electron chi connectivity index (χ1n) is 13.1. The van der Waals surface area contributed by atoms with E-state index in [1.807, 2.05) is 24.3 Å². The van der Waals surface area contributed by atoms with E-state index in [0.29, 0.717) is 29.2 Å². The van der Waals surface area contributed by atoms with E-state index in [-0.39, 0.29) is 43.1 Å². The van der Waals surface area contributed by atoms with E-state index in [1.54, 1.807) is 54.0 Å². The molecule has 0 aromatic heterocycles. The number of ether oxygens (including phenoxy) is 2. The second-order valence-corrected chi connectivity index (χ2v) is 10.6. The number of carboxylic acid groups (broad SMARTS) is 1. The summed E-state index contributed by atoms with van der Waals surface area (Å²) >= 11 is 1.42. The Hall–Kier alpha value is -3.74. The molecule has 5 N–H and O–H groups in total. The summed E-state index contributed by atoms with van der Waals surface area (Å²) in [6.45, 7) is -0.0549. The van der Waals surface area contributed by atoms with Crippen LogP contribution in [0.4, 0.5) is 5.69 Å². The fraction of sp³-hybridized carbons (Fsp3) is 0.300. The summed E-state index contributed by atoms with van der Waals surface area (Å²) in [7, 11) is 0. The summed E-state index contributed by atoms with van der Waals surface area (Å²) in [6, 6.07) is 21.5. The first-order chi connectivity index (χ1) is 19.9. The third-order valence-corrected chi connectivity index (χ3v) is 7.76. The lowest BCUT2D eigenvalue weighted by Gasteiger charge is -2.36. The molecule has 0 spiro atoms. The van der Waals surface area contributed by atoms with Gasteiger partial charge < -0.3 is 25.0 Å². The van der Waals surface area contributed by atoms with Gasteiger partial charge in [-0.25, -0.2) is 10.3 Å². The molecule has 1 saturated heterocycles. The fourth-order valence-electron chi connectivity index (χ4n) is 4.39. The van der Waals surface area contributed by atoms with Crippen LogP contribution in [0, 0.1) is 0 Å². The Morgan fingerprint density at radius 2 is 1.56 bits per heavy atom. The van der Waals surface area contributed by atoms with E-state index < -0.39 is 18.2 Å². The molecule has 0 aliphatic carbocycles. The molecule has 3 atom stereocenters. The van der Waals surface area contributed by atoms with Gasteiger partial charge in [-0.05, 0) is 41.8 Å². The third-order valence-electron chi connectivity index (χ3n) is 6.56. The highest BCUT2D eigenvalue weighted by atomic mass is 32.2. The molecule has 0 unspecified atom stereocenters. The molecular formula is C30H32N2O8S. The molecule has 10 nitrogen and oxygen atoms in total. The molecule has 3 aromatic carbocycles. The lowest BCUT2D eigenvalue weighted by Crippen LogP contribution is -2.31. The molecule has 1 heterocycles. The van der Waals surface area contributed by atoms with Crippen molar-refractivity contribution in [2.24, 2.45) is 0 Å². The number of hydrogen-bond acceptors (Lipinski definition) is 8. The van der Waals surface area contributed by atoms with Gasteiger partial charge in [0.15, 0.2) is 6.29 Å². The van der Waals surface area contributed by atoms with Crippen molar-refractivity contribution < 1.29 is 39.3 Å². The first-order valence-corrected chi connectivity index (χ1v) is 14.1. The van der Waals surface area contributed by atoms with Crippen molar-refractivity contribution in [3.05, 3.63) is 95.1 Å². The molecule has 1 fully saturated rings. The molecule has 0 bridgehead atoms. The van der Waals surface area contributed by atoms with E-state index in [4.69, 9.17) is 14.7 Å². The van der Waals surface area contributed by atoms with Crippen molar-refractivity contribution in [3.8, 4) is 0 Å². The van der Waals surface area contributed by atoms with E-state index >= 15 is 0 Å². The number of carbonyl (C=O) groups excluding carboxylic acids is 2. The SMILES string of the molecule is O=C(CCCC(=O)Nc1ccc([C@@H]2O[C@H](CSc3ccccc3C(=O)O)C[C@H](c3ccc(CO)cc3)O2)cc1)NO. The number of nitrogens with one attached hydrogen (secondary N) is 2. The number of aromatic carboxylic acids is 1. The van der Waals surface area contributed by atoms with Gasteiger partial charge in [0, 0.05) is 41.2 Å². The molecule has 4 rings (SSSR count). The molecule has 11 heteroatoms. The van der Waals surface area contributed by atoms with Gasteiger partial charge in [0.25, 0.3) is 0 Å². The van der Waals surface area contributed by atoms with Crippen LogP contribution in [0.1, 0.15) is 65.1 Å². The minimum Gasteiger partial charge on any atom is -0.478 e. The number of amides is 2. The highest BCUT2D eigenvalue weighted by Crippen LogP contribution is 2.40. The van der Waals surface area contributed by atoms with Crippen molar-refractivity contribution in [2.75, 3.05) is 11.1 Å². The van der Waals surface area contributed by atoms with Crippen LogP contribution in [-0.2, 0) is 25.7 Å². The second-order valence-electron chi connectivity index (χ2n) is 9.52. The lowest BCUT2D eigenvalue weighted by molar-refractivity contribution is -0.245. The maximum atomic E-state index is 12.2. The average molecular weight is 581 g/mol. The summed E-state index contributed by atoms with van der Waals surface area (Å²) < 4.78 is 12.7. The number of rotatable bonds is 12. The predicted molar refractivity (Wildman–Crippen MR) is 151 cm³/mol. The van der Waals surface area contributed by atoms with Crippen LogP contribution in [0.2, 0.25) is 0 Å². The van der Waals surface area contributed by atoms with E-state index in [9.17, 15) is 24.6 Å². The Balaban J connectivity index is 1.45. The van der Waals surface area contributed by atoms with Gasteiger partial charge in [0.1, 0.15) is 0 Å². The van der Waals surface area contributed by atoms with Crippen molar-refractivity contribution in [1.29, 1.82) is 0 Å². The maximum Gasteiger partial charge on any atom is 0.336 e. The summed E-state index contributed by atoms with van der Waals surface area (Å²) in [5.41, 5.74) is 4.85. The number of aliphatic hydroxyl groups excluding tert-OH is 1. The zero-order chi connectivity index (χ0) is 29.2. The van der Waals surface area contributed by atoms with Gasteiger partial charge >= 0.3 is 5.97 Å². The van der Waals surface area contributed by atoms with Gasteiger partial charge in [-0.2, -0.15) is 0 Å². The molecule has 41 heavy (non-hydrogen) atoms. The highest BCUT2D eigenvalue weighted by Gasteiger charge is 2.32. The van der Waals surface area contributed by atoms with Gasteiger partial charge in [0.2, 0.25) is 11.8 Å². The van der Waals surface area contributed by atoms with E-state index in [2.05, 4.69) is 5.32 Å². The fourth-order valence-corrected chi connectivity index (χ4v) is 5.45. The van der Waals surface area contributed by atoms with Crippen molar-refractivity contribution >= 4 is 35.2 Å². The van der Waals surface area contributed by atoms with Crippen molar-refractivity contribution in [1.82, 2.24) is 5.48 Å². The van der Waals surface area contributed by atoms with Crippen LogP contribution in [0.15, 0.2) is 77.7 Å². The Bertz CT molecular complexity index is 1330. The minimum absolute atomic E-state index is 0.0461. The number of carbonyl (C=O) groups is 3. The average Bonchev–Trinajstić information content (AvgIpc) is 3.00. The molecule has 216 valence electrons. The molecular weight excluding hydrogens is 548 g/mol. The summed E-state index contributed by atoms with van der Waals surface area (Å²) in [4.78, 5) is 35.6. The van der Waals surface area contributed by atoms with Gasteiger partial charge in [0.05, 0.1) is 24.4 Å². The molecule has 3 aromatic rings. The zero-order valence-electron chi connectivity index (χ0n) is 22.2. The number of hydroxylamine groups is 1. The van der Waals surface area contributed by atoms with Crippen molar-refractivity contribution in [3.63, 3.8) is 0 Å². The number of aliphatic hydroxyl groups is 1. The van der Waals surface area contributed by atoms with Crippen LogP contribution < -0.4 is 10.8 Å². The number of hydrogen-bond donors (Lipinski definition) is 5. The van der Waals surface area contributed by atoms with Crippen LogP contribution >= 0.6 is 11.8 Å². The third kappa shape index (κ3) is 8.62. The normalized spacial score (nSPS) is 18.4. The summed E-state index contributed by atoms with van der Waals surface area (Å²) in [5.74, 6) is -1.26. The first kappa shape index (κ1) is 30.2. The molecule has 1 aliphatic rings. The van der Waals surface area contributed by atoms with Gasteiger partial charge in [-0.15, -0.1) is 11.8 Å². The van der Waals surface area contributed by atoms with E-state index in [1.165, 1.54) is 11.8 Å². The molecule has 1 aliphatic heterocycles. The van der Waals surface area contributed by atoms with Crippen LogP contribution in [-0.4, -0.2) is 45.1 Å². The smallest absolute Gasteiger partial charge is 0.336 e. The number of anilines is 1. The van der Waals surface area contributed by atoms with E-state index in [0.717, 1.165) is 16.7 Å². The molecule has 0 radical (unpaired) electrons. The Kier molecular flexibility index (Phi) is 10.9. The maximum absolute atomic E-state index is 12.2. The lowest BCUT2D eigenvalue weighted by atomic mass is 10.0. The Labute approximate surface area is 241 Å². The number of carboxylic acids is 1. The molecule has 2 amide bonds. The summed E-state index contributed by atoms with van der Waals surface area (Å²) in [6.07, 6.45) is -0.212. The van der Waals surface area contributed by atoms with Gasteiger partial charge in [-0.1, -0.05) is 48.5 Å². The Morgan fingerprint density at radius 3 is 2.24 bits per heavy atom. The predicted octanol–water partition coefficient (Wildman–Crippen LogP) is 4.83. The number of benzene rings is 3. The Morgan fingerprint density at radius 1 is 0.878 bits per heavy atom. The van der Waals surface area contributed by atoms with Crippen LogP contribution in [0.5, 0.6) is 0 Å².